The number of rotatable bonds is 4. The Hall–Kier alpha value is -2.27. The highest BCUT2D eigenvalue weighted by Gasteiger charge is 2.06. The maximum atomic E-state index is 11.5. The van der Waals surface area contributed by atoms with Crippen LogP contribution in [0.5, 0.6) is 5.75 Å². The van der Waals surface area contributed by atoms with E-state index >= 15 is 0 Å². The predicted molar refractivity (Wildman–Crippen MR) is 76.4 cm³/mol. The average molecular weight is 293 g/mol. The Labute approximate surface area is 120 Å². The van der Waals surface area contributed by atoms with Crippen molar-refractivity contribution in [3.63, 3.8) is 0 Å². The highest BCUT2D eigenvalue weighted by Crippen LogP contribution is 2.24. The van der Waals surface area contributed by atoms with Gasteiger partial charge in [-0.25, -0.2) is 0 Å². The summed E-state index contributed by atoms with van der Waals surface area (Å²) in [5, 5.41) is 1.95. The van der Waals surface area contributed by atoms with Crippen LogP contribution in [0, 0.1) is 0 Å². The first-order valence-corrected chi connectivity index (χ1v) is 6.48. The third-order valence-electron chi connectivity index (χ3n) is 2.57. The number of benzene rings is 2. The van der Waals surface area contributed by atoms with Crippen LogP contribution < -0.4 is 15.6 Å². The van der Waals surface area contributed by atoms with E-state index in [9.17, 15) is 9.59 Å². The summed E-state index contributed by atoms with van der Waals surface area (Å²) in [4.78, 5) is 22.3. The van der Waals surface area contributed by atoms with Gasteiger partial charge in [-0.05, 0) is 11.5 Å². The van der Waals surface area contributed by atoms with Gasteiger partial charge in [0.15, 0.2) is 6.61 Å². The second-order valence-corrected chi connectivity index (χ2v) is 4.26. The first kappa shape index (κ1) is 14.1. The molecule has 2 aromatic carbocycles. The molecule has 0 heterocycles. The van der Waals surface area contributed by atoms with Gasteiger partial charge in [0.05, 0.1) is 0 Å². The van der Waals surface area contributed by atoms with Crippen molar-refractivity contribution < 1.29 is 14.3 Å². The molecule has 0 radical (unpaired) electrons. The molecule has 0 aliphatic carbocycles. The van der Waals surface area contributed by atoms with E-state index in [1.807, 2.05) is 36.4 Å². The second-order valence-electron chi connectivity index (χ2n) is 4.00. The lowest BCUT2D eigenvalue weighted by molar-refractivity contribution is -0.128. The molecule has 0 unspecified atom stereocenters. The molecule has 0 aliphatic rings. The van der Waals surface area contributed by atoms with E-state index in [4.69, 9.17) is 16.3 Å². The van der Waals surface area contributed by atoms with Gasteiger partial charge in [0.25, 0.3) is 11.8 Å². The molecule has 2 rings (SSSR count). The van der Waals surface area contributed by atoms with Crippen molar-refractivity contribution in [3.8, 4) is 5.75 Å². The summed E-state index contributed by atoms with van der Waals surface area (Å²) < 4.78 is 5.45. The van der Waals surface area contributed by atoms with E-state index in [-0.39, 0.29) is 12.5 Å². The second kappa shape index (κ2) is 6.77. The van der Waals surface area contributed by atoms with Gasteiger partial charge in [-0.1, -0.05) is 36.4 Å². The van der Waals surface area contributed by atoms with Crippen molar-refractivity contribution in [1.29, 1.82) is 0 Å². The van der Waals surface area contributed by atoms with Gasteiger partial charge in [-0.3, -0.25) is 20.4 Å². The number of ether oxygens (including phenoxy) is 1. The Morgan fingerprint density at radius 2 is 1.70 bits per heavy atom. The molecule has 0 spiro atoms. The summed E-state index contributed by atoms with van der Waals surface area (Å²) in [5.41, 5.74) is 4.36. The Bertz CT molecular complexity index is 625. The standard InChI is InChI=1S/C14H13ClN2O3/c15-8-13(18)16-17-14(19)9-20-12-7-3-5-10-4-1-2-6-11(10)12/h1-7H,8-9H2,(H,16,18)(H,17,19). The molecular formula is C14H13ClN2O3. The molecule has 0 saturated heterocycles. The molecule has 20 heavy (non-hydrogen) atoms. The van der Waals surface area contributed by atoms with Crippen molar-refractivity contribution in [2.75, 3.05) is 12.5 Å². The van der Waals surface area contributed by atoms with E-state index in [1.54, 1.807) is 6.07 Å². The van der Waals surface area contributed by atoms with Crippen molar-refractivity contribution in [3.05, 3.63) is 42.5 Å². The van der Waals surface area contributed by atoms with Gasteiger partial charge in [-0.15, -0.1) is 11.6 Å². The first-order valence-electron chi connectivity index (χ1n) is 5.95. The minimum Gasteiger partial charge on any atom is -0.483 e. The molecule has 5 nitrogen and oxygen atoms in total. The van der Waals surface area contributed by atoms with Crippen LogP contribution in [0.4, 0.5) is 0 Å². The summed E-state index contributed by atoms with van der Waals surface area (Å²) in [5.74, 6) is -0.548. The number of nitrogens with one attached hydrogen (secondary N) is 2. The van der Waals surface area contributed by atoms with Gasteiger partial charge in [-0.2, -0.15) is 0 Å². The SMILES string of the molecule is O=C(CCl)NNC(=O)COc1cccc2ccccc12. The van der Waals surface area contributed by atoms with Crippen molar-refractivity contribution in [1.82, 2.24) is 10.9 Å². The van der Waals surface area contributed by atoms with Crippen LogP contribution in [0.25, 0.3) is 10.8 Å². The van der Waals surface area contributed by atoms with Gasteiger partial charge in [0, 0.05) is 5.39 Å². The van der Waals surface area contributed by atoms with Crippen LogP contribution in [-0.2, 0) is 9.59 Å². The molecule has 104 valence electrons. The Morgan fingerprint density at radius 3 is 2.50 bits per heavy atom. The molecule has 0 atom stereocenters. The van der Waals surface area contributed by atoms with Crippen LogP contribution in [0.15, 0.2) is 42.5 Å². The number of hydrogen-bond donors (Lipinski definition) is 2. The molecule has 2 N–H and O–H groups in total. The molecular weight excluding hydrogens is 280 g/mol. The van der Waals surface area contributed by atoms with Crippen molar-refractivity contribution >= 4 is 34.2 Å². The molecule has 6 heteroatoms. The lowest BCUT2D eigenvalue weighted by atomic mass is 10.1. The zero-order chi connectivity index (χ0) is 14.4. The number of hydrazine groups is 1. The number of fused-ring (bicyclic) bond motifs is 1. The molecule has 2 aromatic rings. The molecule has 0 fully saturated rings. The molecule has 0 aliphatic heterocycles. The number of hydrogen-bond acceptors (Lipinski definition) is 3. The van der Waals surface area contributed by atoms with Gasteiger partial charge in [0.2, 0.25) is 0 Å². The van der Waals surface area contributed by atoms with Crippen LogP contribution in [-0.4, -0.2) is 24.3 Å². The summed E-state index contributed by atoms with van der Waals surface area (Å²) in [6.07, 6.45) is 0. The third kappa shape index (κ3) is 3.61. The molecule has 2 amide bonds. The maximum absolute atomic E-state index is 11.5. The predicted octanol–water partition coefficient (Wildman–Crippen LogP) is 1.60. The smallest absolute Gasteiger partial charge is 0.276 e. The summed E-state index contributed by atoms with van der Waals surface area (Å²) >= 11 is 5.28. The number of carbonyl (C=O) groups is 2. The molecule has 0 bridgehead atoms. The van der Waals surface area contributed by atoms with Crippen LogP contribution in [0.2, 0.25) is 0 Å². The quantitative estimate of drug-likeness (QED) is 0.664. The number of alkyl halides is 1. The van der Waals surface area contributed by atoms with Crippen molar-refractivity contribution in [2.45, 2.75) is 0 Å². The van der Waals surface area contributed by atoms with Gasteiger partial charge in [0.1, 0.15) is 11.6 Å². The third-order valence-corrected chi connectivity index (χ3v) is 2.81. The lowest BCUT2D eigenvalue weighted by Crippen LogP contribution is -2.44. The largest absolute Gasteiger partial charge is 0.483 e. The number of carbonyl (C=O) groups excluding carboxylic acids is 2. The van der Waals surface area contributed by atoms with E-state index in [1.165, 1.54) is 0 Å². The molecule has 0 aromatic heterocycles. The van der Waals surface area contributed by atoms with E-state index in [0.29, 0.717) is 5.75 Å². The highest BCUT2D eigenvalue weighted by molar-refractivity contribution is 6.27. The minimum absolute atomic E-state index is 0.198. The average Bonchev–Trinajstić information content (AvgIpc) is 2.50. The topological polar surface area (TPSA) is 67.4 Å². The lowest BCUT2D eigenvalue weighted by Gasteiger charge is -2.10. The van der Waals surface area contributed by atoms with Gasteiger partial charge >= 0.3 is 0 Å². The maximum Gasteiger partial charge on any atom is 0.276 e. The summed E-state index contributed by atoms with van der Waals surface area (Å²) in [6.45, 7) is -0.198. The first-order chi connectivity index (χ1) is 9.70. The normalized spacial score (nSPS) is 10.1. The summed E-state index contributed by atoms with van der Waals surface area (Å²) in [6, 6.07) is 13.3. The van der Waals surface area contributed by atoms with E-state index in [2.05, 4.69) is 10.9 Å². The fourth-order valence-electron chi connectivity index (χ4n) is 1.67. The zero-order valence-corrected chi connectivity index (χ0v) is 11.3. The molecule has 0 saturated carbocycles. The van der Waals surface area contributed by atoms with Crippen LogP contribution in [0.3, 0.4) is 0 Å². The summed E-state index contributed by atoms with van der Waals surface area (Å²) in [7, 11) is 0. The number of amides is 2. The Balaban J connectivity index is 1.96. The van der Waals surface area contributed by atoms with E-state index < -0.39 is 11.8 Å². The highest BCUT2D eigenvalue weighted by atomic mass is 35.5. The van der Waals surface area contributed by atoms with Gasteiger partial charge < -0.3 is 4.74 Å². The zero-order valence-electron chi connectivity index (χ0n) is 10.6. The van der Waals surface area contributed by atoms with Crippen molar-refractivity contribution in [2.24, 2.45) is 0 Å². The monoisotopic (exact) mass is 292 g/mol. The van der Waals surface area contributed by atoms with Crippen LogP contribution >= 0.6 is 11.6 Å². The Morgan fingerprint density at radius 1 is 1.00 bits per heavy atom. The fourth-order valence-corrected chi connectivity index (χ4v) is 1.74. The van der Waals surface area contributed by atoms with Crippen LogP contribution in [0.1, 0.15) is 0 Å². The Kier molecular flexibility index (Phi) is 4.79. The fraction of sp³-hybridized carbons (Fsp3) is 0.143. The van der Waals surface area contributed by atoms with E-state index in [0.717, 1.165) is 10.8 Å². The number of halogens is 1. The minimum atomic E-state index is -0.481.